The first-order valence-corrected chi connectivity index (χ1v) is 7.62. The molecule has 2 aromatic rings. The van der Waals surface area contributed by atoms with Crippen molar-refractivity contribution in [1.29, 1.82) is 0 Å². The molecule has 2 N–H and O–H groups in total. The minimum absolute atomic E-state index is 0.567. The number of rotatable bonds is 3. The largest absolute Gasteiger partial charge is 0.330 e. The number of aromatic nitrogens is 2. The third kappa shape index (κ3) is 2.36. The van der Waals surface area contributed by atoms with Gasteiger partial charge in [0.25, 0.3) is 0 Å². The lowest BCUT2D eigenvalue weighted by molar-refractivity contribution is 0.518. The van der Waals surface area contributed by atoms with Crippen molar-refractivity contribution in [2.45, 2.75) is 38.5 Å². The lowest BCUT2D eigenvalue weighted by atomic mass is 9.85. The molecule has 3 nitrogen and oxygen atoms in total. The topological polar surface area (TPSA) is 43.8 Å². The van der Waals surface area contributed by atoms with Gasteiger partial charge < -0.3 is 5.73 Å². The fourth-order valence-corrected chi connectivity index (χ4v) is 3.33. The molecule has 3 rings (SSSR count). The lowest BCUT2D eigenvalue weighted by Gasteiger charge is -2.23. The van der Waals surface area contributed by atoms with Crippen LogP contribution in [0.1, 0.15) is 42.0 Å². The second-order valence-electron chi connectivity index (χ2n) is 5.56. The summed E-state index contributed by atoms with van der Waals surface area (Å²) in [6, 6.07) is 5.97. The van der Waals surface area contributed by atoms with Crippen LogP contribution >= 0.6 is 11.6 Å². The summed E-state index contributed by atoms with van der Waals surface area (Å²) < 4.78 is 2.07. The molecule has 0 saturated heterocycles. The molecule has 0 aliphatic heterocycles. The summed E-state index contributed by atoms with van der Waals surface area (Å²) in [7, 11) is 0. The van der Waals surface area contributed by atoms with Crippen LogP contribution in [0.4, 0.5) is 0 Å². The second kappa shape index (κ2) is 5.58. The molecule has 0 fully saturated rings. The van der Waals surface area contributed by atoms with Crippen molar-refractivity contribution < 1.29 is 0 Å². The van der Waals surface area contributed by atoms with Gasteiger partial charge in [0.1, 0.15) is 0 Å². The smallest absolute Gasteiger partial charge is 0.0692 e. The van der Waals surface area contributed by atoms with E-state index in [0.717, 1.165) is 30.1 Å². The van der Waals surface area contributed by atoms with Crippen molar-refractivity contribution in [2.24, 2.45) is 5.73 Å². The van der Waals surface area contributed by atoms with Gasteiger partial charge in [-0.2, -0.15) is 5.10 Å². The first-order valence-electron chi connectivity index (χ1n) is 7.24. The van der Waals surface area contributed by atoms with Crippen LogP contribution in [0.25, 0.3) is 5.69 Å². The second-order valence-corrected chi connectivity index (χ2v) is 5.99. The standard InChI is InChI=1S/C16H20ClN3/c1-11-5-6-13(17)9-16(11)20-15-4-2-3-12(7-8-18)14(15)10-19-20/h5-6,9-10,12H,2-4,7-8,18H2,1H3. The van der Waals surface area contributed by atoms with Crippen molar-refractivity contribution >= 4 is 11.6 Å². The zero-order chi connectivity index (χ0) is 14.1. The van der Waals surface area contributed by atoms with E-state index in [-0.39, 0.29) is 0 Å². The monoisotopic (exact) mass is 289 g/mol. The predicted molar refractivity (Wildman–Crippen MR) is 82.7 cm³/mol. The lowest BCUT2D eigenvalue weighted by Crippen LogP contribution is -2.15. The van der Waals surface area contributed by atoms with Gasteiger partial charge in [0.15, 0.2) is 0 Å². The van der Waals surface area contributed by atoms with Gasteiger partial charge in [0.05, 0.1) is 11.9 Å². The summed E-state index contributed by atoms with van der Waals surface area (Å²) in [6.07, 6.45) is 6.60. The van der Waals surface area contributed by atoms with Crippen LogP contribution in [0.3, 0.4) is 0 Å². The summed E-state index contributed by atoms with van der Waals surface area (Å²) in [5, 5.41) is 5.37. The minimum Gasteiger partial charge on any atom is -0.330 e. The quantitative estimate of drug-likeness (QED) is 0.938. The Morgan fingerprint density at radius 2 is 2.30 bits per heavy atom. The molecule has 1 aliphatic rings. The number of benzene rings is 1. The highest BCUT2D eigenvalue weighted by Crippen LogP contribution is 2.35. The number of hydrogen-bond acceptors (Lipinski definition) is 2. The highest BCUT2D eigenvalue weighted by Gasteiger charge is 2.24. The highest BCUT2D eigenvalue weighted by atomic mass is 35.5. The Morgan fingerprint density at radius 1 is 1.45 bits per heavy atom. The molecule has 1 aromatic heterocycles. The van der Waals surface area contributed by atoms with E-state index in [2.05, 4.69) is 16.7 Å². The van der Waals surface area contributed by atoms with E-state index in [4.69, 9.17) is 17.3 Å². The van der Waals surface area contributed by atoms with E-state index < -0.39 is 0 Å². The summed E-state index contributed by atoms with van der Waals surface area (Å²) in [6.45, 7) is 2.84. The maximum atomic E-state index is 6.14. The molecule has 1 unspecified atom stereocenters. The minimum atomic E-state index is 0.567. The van der Waals surface area contributed by atoms with E-state index in [9.17, 15) is 0 Å². The van der Waals surface area contributed by atoms with Crippen LogP contribution in [0.15, 0.2) is 24.4 Å². The van der Waals surface area contributed by atoms with Crippen LogP contribution < -0.4 is 5.73 Å². The van der Waals surface area contributed by atoms with E-state index in [1.165, 1.54) is 29.7 Å². The van der Waals surface area contributed by atoms with Gasteiger partial charge in [-0.1, -0.05) is 17.7 Å². The van der Waals surface area contributed by atoms with E-state index in [0.29, 0.717) is 5.92 Å². The van der Waals surface area contributed by atoms with E-state index in [1.807, 2.05) is 24.4 Å². The molecule has 0 spiro atoms. The first kappa shape index (κ1) is 13.7. The van der Waals surface area contributed by atoms with E-state index >= 15 is 0 Å². The molecule has 20 heavy (non-hydrogen) atoms. The number of aryl methyl sites for hydroxylation is 1. The zero-order valence-electron chi connectivity index (χ0n) is 11.8. The van der Waals surface area contributed by atoms with Crippen molar-refractivity contribution in [3.05, 3.63) is 46.2 Å². The normalized spacial score (nSPS) is 18.1. The molecule has 1 aromatic carbocycles. The SMILES string of the molecule is Cc1ccc(Cl)cc1-n1ncc2c1CCCC2CCN. The molecule has 0 amide bonds. The average molecular weight is 290 g/mol. The molecule has 106 valence electrons. The number of halogens is 1. The summed E-state index contributed by atoms with van der Waals surface area (Å²) in [5.41, 5.74) is 10.7. The molecular formula is C16H20ClN3. The van der Waals surface area contributed by atoms with Gasteiger partial charge in [0.2, 0.25) is 0 Å². The Morgan fingerprint density at radius 3 is 3.10 bits per heavy atom. The Kier molecular flexibility index (Phi) is 3.81. The fourth-order valence-electron chi connectivity index (χ4n) is 3.17. The summed E-state index contributed by atoms with van der Waals surface area (Å²) in [5.74, 6) is 0.567. The number of nitrogens with zero attached hydrogens (tertiary/aromatic N) is 2. The maximum absolute atomic E-state index is 6.14. The third-order valence-electron chi connectivity index (χ3n) is 4.22. The van der Waals surface area contributed by atoms with Gasteiger partial charge >= 0.3 is 0 Å². The molecule has 1 atom stereocenters. The van der Waals surface area contributed by atoms with E-state index in [1.54, 1.807) is 0 Å². The zero-order valence-corrected chi connectivity index (χ0v) is 12.5. The molecule has 1 heterocycles. The van der Waals surface area contributed by atoms with Crippen LogP contribution in [0.5, 0.6) is 0 Å². The summed E-state index contributed by atoms with van der Waals surface area (Å²) in [4.78, 5) is 0. The highest BCUT2D eigenvalue weighted by molar-refractivity contribution is 6.30. The molecule has 4 heteroatoms. The Bertz CT molecular complexity index is 618. The van der Waals surface area contributed by atoms with Gasteiger partial charge in [-0.15, -0.1) is 0 Å². The predicted octanol–water partition coefficient (Wildman–Crippen LogP) is 3.60. The van der Waals surface area contributed by atoms with Crippen LogP contribution in [-0.4, -0.2) is 16.3 Å². The van der Waals surface area contributed by atoms with Crippen LogP contribution in [0, 0.1) is 6.92 Å². The van der Waals surface area contributed by atoms with Crippen molar-refractivity contribution in [3.63, 3.8) is 0 Å². The summed E-state index contributed by atoms with van der Waals surface area (Å²) >= 11 is 6.14. The fraction of sp³-hybridized carbons (Fsp3) is 0.438. The van der Waals surface area contributed by atoms with Gasteiger partial charge in [-0.25, -0.2) is 4.68 Å². The molecule has 1 aliphatic carbocycles. The van der Waals surface area contributed by atoms with Gasteiger partial charge in [0, 0.05) is 10.7 Å². The van der Waals surface area contributed by atoms with Gasteiger partial charge in [-0.3, -0.25) is 0 Å². The average Bonchev–Trinajstić information content (AvgIpc) is 2.87. The molecule has 0 radical (unpaired) electrons. The number of fused-ring (bicyclic) bond motifs is 1. The molecule has 0 saturated carbocycles. The first-order chi connectivity index (χ1) is 9.70. The number of nitrogens with two attached hydrogens (primary N) is 1. The van der Waals surface area contributed by atoms with Crippen molar-refractivity contribution in [2.75, 3.05) is 6.54 Å². The molecule has 0 bridgehead atoms. The Labute approximate surface area is 124 Å². The maximum Gasteiger partial charge on any atom is 0.0692 e. The Balaban J connectivity index is 2.06. The molecular weight excluding hydrogens is 270 g/mol. The van der Waals surface area contributed by atoms with Crippen LogP contribution in [0.2, 0.25) is 5.02 Å². The van der Waals surface area contributed by atoms with Crippen molar-refractivity contribution in [3.8, 4) is 5.69 Å². The van der Waals surface area contributed by atoms with Crippen LogP contribution in [-0.2, 0) is 6.42 Å². The third-order valence-corrected chi connectivity index (χ3v) is 4.46. The Hall–Kier alpha value is -1.32. The number of hydrogen-bond donors (Lipinski definition) is 1. The van der Waals surface area contributed by atoms with Gasteiger partial charge in [-0.05, 0) is 68.3 Å². The van der Waals surface area contributed by atoms with Crippen molar-refractivity contribution in [1.82, 2.24) is 9.78 Å².